The van der Waals surface area contributed by atoms with Gasteiger partial charge in [-0.15, -0.1) is 0 Å². The van der Waals surface area contributed by atoms with E-state index in [1.54, 1.807) is 0 Å². The molecule has 0 saturated heterocycles. The lowest BCUT2D eigenvalue weighted by molar-refractivity contribution is 1.05. The molecule has 3 heterocycles. The van der Waals surface area contributed by atoms with Crippen LogP contribution in [0.3, 0.4) is 0 Å². The average Bonchev–Trinajstić information content (AvgIpc) is 3.97. The number of hydrogen-bond acceptors (Lipinski definition) is 7. The van der Waals surface area contributed by atoms with Crippen LogP contribution in [0.2, 0.25) is 0 Å². The molecule has 342 valence electrons. The van der Waals surface area contributed by atoms with Gasteiger partial charge in [0.15, 0.2) is 5.82 Å². The molecule has 0 aliphatic heterocycles. The molecule has 0 radical (unpaired) electrons. The minimum absolute atomic E-state index is 0.340. The van der Waals surface area contributed by atoms with Gasteiger partial charge in [0.25, 0.3) is 0 Å². The van der Waals surface area contributed by atoms with Crippen LogP contribution in [0.15, 0.2) is 188 Å². The van der Waals surface area contributed by atoms with Crippen molar-refractivity contribution in [3.63, 3.8) is 0 Å². The van der Waals surface area contributed by atoms with Gasteiger partial charge in [0, 0.05) is 38.5 Å². The van der Waals surface area contributed by atoms with E-state index in [2.05, 4.69) is 88.0 Å². The molecule has 0 saturated carbocycles. The molecule has 0 aliphatic carbocycles. The van der Waals surface area contributed by atoms with Crippen LogP contribution in [-0.4, -0.2) is 19.1 Å². The minimum Gasteiger partial charge on any atom is -0.308 e. The van der Waals surface area contributed by atoms with Crippen molar-refractivity contribution < 1.29 is 0 Å². The fourth-order valence-corrected chi connectivity index (χ4v) is 10.6. The lowest BCUT2D eigenvalue weighted by Crippen LogP contribution is -2.06. The third kappa shape index (κ3) is 7.20. The normalized spacial score (nSPS) is 11.0. The Hall–Kier alpha value is -10.9. The molecule has 0 fully saturated rings. The lowest BCUT2D eigenvalue weighted by atomic mass is 9.98. The molecule has 0 N–H and O–H groups in total. The van der Waals surface area contributed by atoms with Crippen LogP contribution in [0.4, 0.5) is 0 Å². The molecule has 0 aliphatic rings. The van der Waals surface area contributed by atoms with Crippen molar-refractivity contribution in [1.29, 1.82) is 26.3 Å². The first kappa shape index (κ1) is 44.3. The van der Waals surface area contributed by atoms with Crippen LogP contribution >= 0.6 is 0 Å². The molecule has 9 nitrogen and oxygen atoms in total. The van der Waals surface area contributed by atoms with Gasteiger partial charge in [0.2, 0.25) is 0 Å². The van der Waals surface area contributed by atoms with Crippen molar-refractivity contribution in [3.05, 3.63) is 227 Å². The summed E-state index contributed by atoms with van der Waals surface area (Å²) in [6.07, 6.45) is 0. The highest BCUT2D eigenvalue weighted by molar-refractivity contribution is 6.13. The van der Waals surface area contributed by atoms with Gasteiger partial charge in [-0.25, -0.2) is 9.97 Å². The minimum atomic E-state index is 0.340. The number of benzene rings is 9. The van der Waals surface area contributed by atoms with Crippen LogP contribution in [0.25, 0.3) is 111 Å². The topological polar surface area (TPSA) is 155 Å². The van der Waals surface area contributed by atoms with Gasteiger partial charge in [-0.05, 0) is 125 Å². The first-order chi connectivity index (χ1) is 36.3. The second-order valence-corrected chi connectivity index (χ2v) is 18.2. The van der Waals surface area contributed by atoms with Gasteiger partial charge in [0.1, 0.15) is 11.6 Å². The fraction of sp³-hybridized carbons (Fsp3) is 0.0308. The monoisotopic (exact) mass is 943 g/mol. The smallest absolute Gasteiger partial charge is 0.159 e. The van der Waals surface area contributed by atoms with Crippen molar-refractivity contribution in [1.82, 2.24) is 19.1 Å². The predicted octanol–water partition coefficient (Wildman–Crippen LogP) is 15.0. The molecule has 9 heteroatoms. The van der Waals surface area contributed by atoms with Crippen LogP contribution < -0.4 is 0 Å². The van der Waals surface area contributed by atoms with Gasteiger partial charge in [0.05, 0.1) is 80.0 Å². The van der Waals surface area contributed by atoms with E-state index < -0.39 is 0 Å². The zero-order chi connectivity index (χ0) is 50.6. The van der Waals surface area contributed by atoms with Gasteiger partial charge in [-0.2, -0.15) is 26.3 Å². The molecule has 74 heavy (non-hydrogen) atoms. The first-order valence-corrected chi connectivity index (χ1v) is 23.8. The average molecular weight is 944 g/mol. The van der Waals surface area contributed by atoms with E-state index in [4.69, 9.17) is 9.97 Å². The summed E-state index contributed by atoms with van der Waals surface area (Å²) in [5.74, 6) is 0.468. The number of hydrogen-bond donors (Lipinski definition) is 0. The van der Waals surface area contributed by atoms with Gasteiger partial charge < -0.3 is 9.13 Å². The first-order valence-electron chi connectivity index (χ1n) is 23.8. The van der Waals surface area contributed by atoms with Crippen LogP contribution in [0, 0.1) is 70.5 Å². The predicted molar refractivity (Wildman–Crippen MR) is 291 cm³/mol. The third-order valence-electron chi connectivity index (χ3n) is 13.9. The molecule has 12 aromatic rings. The van der Waals surface area contributed by atoms with Crippen molar-refractivity contribution in [3.8, 4) is 97.6 Å². The molecule has 3 aromatic heterocycles. The summed E-state index contributed by atoms with van der Waals surface area (Å²) in [5, 5.41) is 56.8. The SMILES string of the molecule is Cc1cc(C)nc(-c2cc(-n3c4cc(-c5ccccc5C#N)ccc4c4ccc(-c5ccccc5C#N)cc43)c(C#N)c(-n3c4cc(-c5ccccc5C#N)ccc4c4ccc(-c5ccccc5C#N)cc43)c2)n1. The summed E-state index contributed by atoms with van der Waals surface area (Å²) in [7, 11) is 0. The van der Waals surface area contributed by atoms with Crippen molar-refractivity contribution in [2.24, 2.45) is 0 Å². The number of rotatable bonds is 7. The summed E-state index contributed by atoms with van der Waals surface area (Å²) >= 11 is 0. The van der Waals surface area contributed by atoms with Crippen molar-refractivity contribution in [2.45, 2.75) is 13.8 Å². The maximum atomic E-state index is 12.0. The number of aryl methyl sites for hydroxylation is 2. The Kier molecular flexibility index (Phi) is 10.7. The number of nitrogens with zero attached hydrogens (tertiary/aromatic N) is 9. The van der Waals surface area contributed by atoms with Crippen LogP contribution in [0.5, 0.6) is 0 Å². The third-order valence-corrected chi connectivity index (χ3v) is 13.9. The maximum Gasteiger partial charge on any atom is 0.159 e. The molecular weight excluding hydrogens is 907 g/mol. The molecule has 0 spiro atoms. The Morgan fingerprint density at radius 2 is 0.622 bits per heavy atom. The summed E-state index contributed by atoms with van der Waals surface area (Å²) in [5.41, 5.74) is 15.2. The Morgan fingerprint density at radius 3 is 0.905 bits per heavy atom. The van der Waals surface area contributed by atoms with E-state index >= 15 is 0 Å². The summed E-state index contributed by atoms with van der Waals surface area (Å²) in [4.78, 5) is 10.0. The van der Waals surface area contributed by atoms with E-state index in [0.29, 0.717) is 50.6 Å². The zero-order valence-corrected chi connectivity index (χ0v) is 39.9. The number of nitriles is 5. The highest BCUT2D eigenvalue weighted by Crippen LogP contribution is 2.44. The van der Waals surface area contributed by atoms with Crippen LogP contribution in [-0.2, 0) is 0 Å². The van der Waals surface area contributed by atoms with E-state index in [0.717, 1.165) is 99.5 Å². The van der Waals surface area contributed by atoms with Gasteiger partial charge in [-0.1, -0.05) is 121 Å². The summed E-state index contributed by atoms with van der Waals surface area (Å²) < 4.78 is 4.24. The van der Waals surface area contributed by atoms with Crippen molar-refractivity contribution >= 4 is 43.6 Å². The molecule has 0 atom stereocenters. The maximum absolute atomic E-state index is 12.0. The summed E-state index contributed by atoms with van der Waals surface area (Å²) in [6, 6.07) is 72.9. The molecule has 0 bridgehead atoms. The Morgan fingerprint density at radius 1 is 0.324 bits per heavy atom. The van der Waals surface area contributed by atoms with E-state index in [9.17, 15) is 26.3 Å². The Balaban J connectivity index is 1.26. The zero-order valence-electron chi connectivity index (χ0n) is 39.9. The van der Waals surface area contributed by atoms with Gasteiger partial charge in [-0.3, -0.25) is 0 Å². The molecule has 12 rings (SSSR count). The quantitative estimate of drug-likeness (QED) is 0.154. The van der Waals surface area contributed by atoms with E-state index in [1.165, 1.54) is 0 Å². The van der Waals surface area contributed by atoms with Crippen molar-refractivity contribution in [2.75, 3.05) is 0 Å². The fourth-order valence-electron chi connectivity index (χ4n) is 10.6. The largest absolute Gasteiger partial charge is 0.308 e. The highest BCUT2D eigenvalue weighted by atomic mass is 15.0. The lowest BCUT2D eigenvalue weighted by Gasteiger charge is -2.19. The molecule has 9 aromatic carbocycles. The summed E-state index contributed by atoms with van der Waals surface area (Å²) in [6.45, 7) is 3.87. The number of fused-ring (bicyclic) bond motifs is 6. The van der Waals surface area contributed by atoms with E-state index in [1.807, 2.05) is 153 Å². The Bertz CT molecular complexity index is 4080. The second kappa shape index (κ2) is 17.8. The van der Waals surface area contributed by atoms with Gasteiger partial charge >= 0.3 is 0 Å². The molecular formula is C65H37N9. The number of aromatic nitrogens is 4. The van der Waals surface area contributed by atoms with Crippen LogP contribution in [0.1, 0.15) is 39.2 Å². The second-order valence-electron chi connectivity index (χ2n) is 18.2. The Labute approximate surface area is 425 Å². The molecule has 0 unspecified atom stereocenters. The molecule has 0 amide bonds. The highest BCUT2D eigenvalue weighted by Gasteiger charge is 2.25. The van der Waals surface area contributed by atoms with E-state index in [-0.39, 0.29) is 0 Å². The standard InChI is InChI=1S/C65H37N9/c1-39-27-40(2)72-65(71-39)49-32-63(73-59-28-41(50-15-7-3-11-45(50)34-66)19-23-54(59)55-24-20-42(29-60(55)73)51-16-8-4-12-46(51)35-67)58(38-70)64(33-49)74-61-30-43(52-17-9-5-13-47(52)36-68)21-25-56(61)57-26-22-44(31-62(57)74)53-18-10-6-14-48(53)37-69/h3-33H,1-2H3.